The number of hydrogen-bond acceptors (Lipinski definition) is 0. The number of hydrogen-bond donors (Lipinski definition) is 0. The average molecular weight is 441 g/mol. The van der Waals surface area contributed by atoms with Gasteiger partial charge >= 0.3 is 0 Å². The number of unbranched alkanes of at least 4 members (excludes halogenated alkanes) is 27. The molecule has 0 aliphatic heterocycles. The molecule has 0 spiro atoms. The van der Waals surface area contributed by atoms with Crippen LogP contribution in [0.1, 0.15) is 194 Å². The summed E-state index contributed by atoms with van der Waals surface area (Å²) in [6, 6.07) is 0. The summed E-state index contributed by atoms with van der Waals surface area (Å²) < 4.78 is 0. The SMILES string of the molecule is CCCCCCCCCCCCCCCCCCCCCCCCCCCCCC.O. The molecule has 0 saturated carbocycles. The van der Waals surface area contributed by atoms with E-state index in [9.17, 15) is 0 Å². The van der Waals surface area contributed by atoms with Gasteiger partial charge in [-0.2, -0.15) is 0 Å². The topological polar surface area (TPSA) is 31.5 Å². The van der Waals surface area contributed by atoms with Crippen molar-refractivity contribution < 1.29 is 5.48 Å². The molecule has 1 heteroatoms. The Bertz CT molecular complexity index is 248. The quantitative estimate of drug-likeness (QED) is 0.114. The van der Waals surface area contributed by atoms with E-state index in [2.05, 4.69) is 13.8 Å². The van der Waals surface area contributed by atoms with Crippen LogP contribution in [-0.4, -0.2) is 5.48 Å². The van der Waals surface area contributed by atoms with Crippen LogP contribution >= 0.6 is 0 Å². The first-order valence-corrected chi connectivity index (χ1v) is 14.9. The van der Waals surface area contributed by atoms with E-state index >= 15 is 0 Å². The Kier molecular flexibility index (Phi) is 34.4. The molecule has 0 saturated heterocycles. The summed E-state index contributed by atoms with van der Waals surface area (Å²) in [6.45, 7) is 4.61. The van der Waals surface area contributed by atoms with Gasteiger partial charge in [0, 0.05) is 0 Å². The third-order valence-corrected chi connectivity index (χ3v) is 6.96. The van der Waals surface area contributed by atoms with Gasteiger partial charge in [-0.15, -0.1) is 0 Å². The maximum atomic E-state index is 2.31. The molecular formula is C30H64O. The van der Waals surface area contributed by atoms with E-state index in [1.54, 1.807) is 0 Å². The summed E-state index contributed by atoms with van der Waals surface area (Å²) in [5.41, 5.74) is 0. The van der Waals surface area contributed by atoms with Crippen molar-refractivity contribution in [2.24, 2.45) is 0 Å². The molecule has 0 aliphatic rings. The largest absolute Gasteiger partial charge is 0.412 e. The molecule has 0 aromatic carbocycles. The fourth-order valence-corrected chi connectivity index (χ4v) is 4.74. The van der Waals surface area contributed by atoms with Crippen molar-refractivity contribution in [1.82, 2.24) is 0 Å². The lowest BCUT2D eigenvalue weighted by Crippen LogP contribution is -1.84. The van der Waals surface area contributed by atoms with Gasteiger partial charge in [0.1, 0.15) is 0 Å². The van der Waals surface area contributed by atoms with E-state index in [4.69, 9.17) is 0 Å². The van der Waals surface area contributed by atoms with Gasteiger partial charge in [0.2, 0.25) is 0 Å². The Morgan fingerprint density at radius 3 is 0.387 bits per heavy atom. The first-order valence-electron chi connectivity index (χ1n) is 14.9. The smallest absolute Gasteiger partial charge is 0.0533 e. The third kappa shape index (κ3) is 32.2. The van der Waals surface area contributed by atoms with Crippen molar-refractivity contribution >= 4 is 0 Å². The van der Waals surface area contributed by atoms with Crippen molar-refractivity contribution in [2.45, 2.75) is 194 Å². The maximum absolute atomic E-state index is 2.31. The molecule has 31 heavy (non-hydrogen) atoms. The zero-order valence-corrected chi connectivity index (χ0v) is 22.3. The van der Waals surface area contributed by atoms with Crippen molar-refractivity contribution in [1.29, 1.82) is 0 Å². The second kappa shape index (κ2) is 32.1. The van der Waals surface area contributed by atoms with Crippen molar-refractivity contribution in [2.75, 3.05) is 0 Å². The van der Waals surface area contributed by atoms with Gasteiger partial charge in [0.25, 0.3) is 0 Å². The van der Waals surface area contributed by atoms with E-state index in [-0.39, 0.29) is 5.48 Å². The molecule has 0 aliphatic carbocycles. The molecule has 0 rings (SSSR count). The lowest BCUT2D eigenvalue weighted by atomic mass is 10.0. The van der Waals surface area contributed by atoms with Crippen LogP contribution < -0.4 is 0 Å². The van der Waals surface area contributed by atoms with Crippen LogP contribution in [-0.2, 0) is 0 Å². The van der Waals surface area contributed by atoms with Gasteiger partial charge in [0.05, 0.1) is 0 Å². The van der Waals surface area contributed by atoms with Crippen LogP contribution in [0.25, 0.3) is 0 Å². The third-order valence-electron chi connectivity index (χ3n) is 6.96. The van der Waals surface area contributed by atoms with E-state index in [0.717, 1.165) is 0 Å². The first kappa shape index (κ1) is 33.1. The Balaban J connectivity index is 0. The maximum Gasteiger partial charge on any atom is -0.0533 e. The highest BCUT2D eigenvalue weighted by Gasteiger charge is 1.96. The molecule has 0 bridgehead atoms. The normalized spacial score (nSPS) is 11.0. The molecular weight excluding hydrogens is 376 g/mol. The van der Waals surface area contributed by atoms with Crippen LogP contribution in [0.4, 0.5) is 0 Å². The standard InChI is InChI=1S/C30H62.H2O/c1-3-5-7-9-11-13-15-17-19-21-23-25-27-29-30-28-26-24-22-20-18-16-14-12-10-8-6-4-2;/h3-30H2,1-2H3;1H2. The molecule has 0 aromatic rings. The fourth-order valence-electron chi connectivity index (χ4n) is 4.74. The monoisotopic (exact) mass is 440 g/mol. The van der Waals surface area contributed by atoms with Crippen LogP contribution in [0.3, 0.4) is 0 Å². The summed E-state index contributed by atoms with van der Waals surface area (Å²) >= 11 is 0. The summed E-state index contributed by atoms with van der Waals surface area (Å²) in [4.78, 5) is 0. The fraction of sp³-hybridized carbons (Fsp3) is 1.00. The van der Waals surface area contributed by atoms with Gasteiger partial charge in [-0.05, 0) is 0 Å². The highest BCUT2D eigenvalue weighted by Crippen LogP contribution is 2.16. The van der Waals surface area contributed by atoms with Crippen LogP contribution in [0.5, 0.6) is 0 Å². The molecule has 0 radical (unpaired) electrons. The second-order valence-electron chi connectivity index (χ2n) is 10.2. The Morgan fingerprint density at radius 1 is 0.194 bits per heavy atom. The van der Waals surface area contributed by atoms with Crippen molar-refractivity contribution in [3.63, 3.8) is 0 Å². The summed E-state index contributed by atoms with van der Waals surface area (Å²) in [5, 5.41) is 0. The van der Waals surface area contributed by atoms with Gasteiger partial charge < -0.3 is 5.48 Å². The molecule has 2 N–H and O–H groups in total. The second-order valence-corrected chi connectivity index (χ2v) is 10.2. The van der Waals surface area contributed by atoms with Gasteiger partial charge in [-0.1, -0.05) is 194 Å². The molecule has 1 nitrogen and oxygen atoms in total. The number of rotatable bonds is 27. The van der Waals surface area contributed by atoms with Crippen molar-refractivity contribution in [3.8, 4) is 0 Å². The zero-order chi connectivity index (χ0) is 21.8. The average Bonchev–Trinajstić information content (AvgIpc) is 2.76. The van der Waals surface area contributed by atoms with Crippen molar-refractivity contribution in [3.05, 3.63) is 0 Å². The lowest BCUT2D eigenvalue weighted by molar-refractivity contribution is 0.514. The predicted octanol–water partition coefficient (Wildman–Crippen LogP) is 11.1. The lowest BCUT2D eigenvalue weighted by Gasteiger charge is -2.04. The Labute approximate surface area is 199 Å². The summed E-state index contributed by atoms with van der Waals surface area (Å²) in [7, 11) is 0. The first-order chi connectivity index (χ1) is 14.9. The predicted molar refractivity (Wildman–Crippen MR) is 144 cm³/mol. The molecule has 0 fully saturated rings. The van der Waals surface area contributed by atoms with E-state index < -0.39 is 0 Å². The van der Waals surface area contributed by atoms with E-state index in [1.807, 2.05) is 0 Å². The van der Waals surface area contributed by atoms with Gasteiger partial charge in [-0.3, -0.25) is 0 Å². The van der Waals surface area contributed by atoms with Crippen LogP contribution in [0.2, 0.25) is 0 Å². The van der Waals surface area contributed by atoms with Crippen LogP contribution in [0, 0.1) is 0 Å². The minimum Gasteiger partial charge on any atom is -0.412 e. The summed E-state index contributed by atoms with van der Waals surface area (Å²) in [6.07, 6.45) is 41.4. The van der Waals surface area contributed by atoms with Gasteiger partial charge in [-0.25, -0.2) is 0 Å². The highest BCUT2D eigenvalue weighted by atomic mass is 16.0. The molecule has 0 unspecified atom stereocenters. The molecule has 0 atom stereocenters. The Morgan fingerprint density at radius 2 is 0.290 bits per heavy atom. The Hall–Kier alpha value is -0.0400. The van der Waals surface area contributed by atoms with E-state index in [1.165, 1.54) is 180 Å². The minimum absolute atomic E-state index is 0. The molecule has 190 valence electrons. The minimum atomic E-state index is 0. The van der Waals surface area contributed by atoms with Gasteiger partial charge in [0.15, 0.2) is 0 Å². The van der Waals surface area contributed by atoms with E-state index in [0.29, 0.717) is 0 Å². The zero-order valence-electron chi connectivity index (χ0n) is 22.3. The molecule has 0 heterocycles. The summed E-state index contributed by atoms with van der Waals surface area (Å²) in [5.74, 6) is 0. The highest BCUT2D eigenvalue weighted by molar-refractivity contribution is 4.52. The van der Waals surface area contributed by atoms with Crippen LogP contribution in [0.15, 0.2) is 0 Å². The molecule has 0 aromatic heterocycles. The molecule has 0 amide bonds.